The molecule has 0 amide bonds. The van der Waals surface area contributed by atoms with E-state index in [4.69, 9.17) is 0 Å². The fourth-order valence-electron chi connectivity index (χ4n) is 3.44. The van der Waals surface area contributed by atoms with Crippen molar-refractivity contribution >= 4 is 16.7 Å². The van der Waals surface area contributed by atoms with Crippen molar-refractivity contribution in [3.05, 3.63) is 30.1 Å². The quantitative estimate of drug-likeness (QED) is 0.777. The standard InChI is InChI=1S/C20H30N4O/c1-13-5-10-18-17(11-13)19(22-12-21-18)24-16-8-6-15(7-9-16)23-14(2)20(3,4)25/h5,10-12,14-16,23,25H,6-9H2,1-4H3,(H,21,22,24)/t14-,15-,16-/m0/s1. The Morgan fingerprint density at radius 3 is 2.48 bits per heavy atom. The molecule has 1 heterocycles. The van der Waals surface area contributed by atoms with Crippen molar-refractivity contribution in [1.82, 2.24) is 15.3 Å². The third-order valence-corrected chi connectivity index (χ3v) is 5.40. The second-order valence-electron chi connectivity index (χ2n) is 7.98. The van der Waals surface area contributed by atoms with E-state index in [0.717, 1.165) is 42.4 Å². The van der Waals surface area contributed by atoms with Crippen LogP contribution in [0.25, 0.3) is 10.9 Å². The Hall–Kier alpha value is -1.72. The molecule has 25 heavy (non-hydrogen) atoms. The van der Waals surface area contributed by atoms with E-state index in [0.29, 0.717) is 12.1 Å². The number of nitrogens with zero attached hydrogens (tertiary/aromatic N) is 2. The summed E-state index contributed by atoms with van der Waals surface area (Å²) < 4.78 is 0. The zero-order valence-electron chi connectivity index (χ0n) is 15.7. The highest BCUT2D eigenvalue weighted by atomic mass is 16.3. The molecule has 1 aliphatic carbocycles. The second-order valence-corrected chi connectivity index (χ2v) is 7.98. The van der Waals surface area contributed by atoms with Gasteiger partial charge in [0.2, 0.25) is 0 Å². The number of rotatable bonds is 5. The minimum Gasteiger partial charge on any atom is -0.389 e. The Bertz CT molecular complexity index is 717. The third kappa shape index (κ3) is 4.47. The average molecular weight is 342 g/mol. The van der Waals surface area contributed by atoms with Gasteiger partial charge in [-0.15, -0.1) is 0 Å². The average Bonchev–Trinajstić information content (AvgIpc) is 2.56. The van der Waals surface area contributed by atoms with Crippen LogP contribution in [-0.2, 0) is 0 Å². The first-order valence-corrected chi connectivity index (χ1v) is 9.29. The van der Waals surface area contributed by atoms with Crippen LogP contribution in [0.15, 0.2) is 24.5 Å². The Balaban J connectivity index is 1.61. The number of aromatic nitrogens is 2. The summed E-state index contributed by atoms with van der Waals surface area (Å²) in [6, 6.07) is 7.29. The molecule has 0 saturated heterocycles. The van der Waals surface area contributed by atoms with Crippen molar-refractivity contribution < 1.29 is 5.11 Å². The molecule has 0 unspecified atom stereocenters. The van der Waals surface area contributed by atoms with E-state index in [1.165, 1.54) is 5.56 Å². The van der Waals surface area contributed by atoms with Crippen molar-refractivity contribution in [2.24, 2.45) is 0 Å². The van der Waals surface area contributed by atoms with E-state index in [1.807, 2.05) is 13.8 Å². The van der Waals surface area contributed by atoms with Crippen molar-refractivity contribution in [3.8, 4) is 0 Å². The molecule has 5 nitrogen and oxygen atoms in total. The first kappa shape index (κ1) is 18.1. The van der Waals surface area contributed by atoms with Crippen LogP contribution in [0.3, 0.4) is 0 Å². The third-order valence-electron chi connectivity index (χ3n) is 5.40. The summed E-state index contributed by atoms with van der Waals surface area (Å²) in [5, 5.41) is 18.4. The number of benzene rings is 1. The highest BCUT2D eigenvalue weighted by molar-refractivity contribution is 5.89. The van der Waals surface area contributed by atoms with Gasteiger partial charge in [-0.25, -0.2) is 9.97 Å². The predicted octanol–water partition coefficient (Wildman–Crippen LogP) is 3.41. The number of aryl methyl sites for hydroxylation is 1. The van der Waals surface area contributed by atoms with Gasteiger partial charge in [-0.2, -0.15) is 0 Å². The van der Waals surface area contributed by atoms with Gasteiger partial charge in [0.1, 0.15) is 12.1 Å². The van der Waals surface area contributed by atoms with Crippen LogP contribution in [0.4, 0.5) is 5.82 Å². The van der Waals surface area contributed by atoms with Crippen molar-refractivity contribution in [2.45, 2.75) is 77.1 Å². The molecule has 1 atom stereocenters. The summed E-state index contributed by atoms with van der Waals surface area (Å²) in [4.78, 5) is 8.83. The van der Waals surface area contributed by atoms with Crippen LogP contribution >= 0.6 is 0 Å². The lowest BCUT2D eigenvalue weighted by Gasteiger charge is -2.35. The zero-order valence-corrected chi connectivity index (χ0v) is 15.7. The minimum absolute atomic E-state index is 0.0933. The number of hydrogen-bond donors (Lipinski definition) is 3. The number of hydrogen-bond acceptors (Lipinski definition) is 5. The molecular weight excluding hydrogens is 312 g/mol. The van der Waals surface area contributed by atoms with Gasteiger partial charge < -0.3 is 15.7 Å². The number of anilines is 1. The molecule has 1 aromatic carbocycles. The first-order valence-electron chi connectivity index (χ1n) is 9.29. The molecule has 2 aromatic rings. The molecule has 3 rings (SSSR count). The normalized spacial score (nSPS) is 22.8. The smallest absolute Gasteiger partial charge is 0.137 e. The van der Waals surface area contributed by atoms with Crippen LogP contribution in [0, 0.1) is 6.92 Å². The van der Waals surface area contributed by atoms with Gasteiger partial charge >= 0.3 is 0 Å². The van der Waals surface area contributed by atoms with Crippen LogP contribution < -0.4 is 10.6 Å². The van der Waals surface area contributed by atoms with Gasteiger partial charge in [0.25, 0.3) is 0 Å². The summed E-state index contributed by atoms with van der Waals surface area (Å²) in [7, 11) is 0. The highest BCUT2D eigenvalue weighted by Crippen LogP contribution is 2.26. The molecule has 1 saturated carbocycles. The van der Waals surface area contributed by atoms with E-state index in [1.54, 1.807) is 6.33 Å². The Morgan fingerprint density at radius 1 is 1.12 bits per heavy atom. The number of fused-ring (bicyclic) bond motifs is 1. The van der Waals surface area contributed by atoms with Crippen LogP contribution in [0.2, 0.25) is 0 Å². The molecular formula is C20H30N4O. The largest absolute Gasteiger partial charge is 0.389 e. The molecule has 5 heteroatoms. The molecule has 1 aromatic heterocycles. The maximum atomic E-state index is 10.1. The number of nitrogens with one attached hydrogen (secondary N) is 2. The van der Waals surface area contributed by atoms with E-state index in [2.05, 4.69) is 52.6 Å². The molecule has 0 aliphatic heterocycles. The van der Waals surface area contributed by atoms with E-state index >= 15 is 0 Å². The molecule has 0 radical (unpaired) electrons. The van der Waals surface area contributed by atoms with Gasteiger partial charge in [0, 0.05) is 23.5 Å². The monoisotopic (exact) mass is 342 g/mol. The summed E-state index contributed by atoms with van der Waals surface area (Å²) in [6.07, 6.45) is 6.07. The Morgan fingerprint density at radius 2 is 1.80 bits per heavy atom. The van der Waals surface area contributed by atoms with Crippen LogP contribution in [0.1, 0.15) is 52.0 Å². The first-order chi connectivity index (χ1) is 11.8. The van der Waals surface area contributed by atoms with E-state index in [-0.39, 0.29) is 6.04 Å². The molecule has 0 spiro atoms. The number of aliphatic hydroxyl groups is 1. The van der Waals surface area contributed by atoms with Crippen molar-refractivity contribution in [3.63, 3.8) is 0 Å². The van der Waals surface area contributed by atoms with E-state index in [9.17, 15) is 5.11 Å². The van der Waals surface area contributed by atoms with Gasteiger partial charge in [0.05, 0.1) is 11.1 Å². The molecule has 0 bridgehead atoms. The fourth-order valence-corrected chi connectivity index (χ4v) is 3.44. The van der Waals surface area contributed by atoms with Crippen LogP contribution in [0.5, 0.6) is 0 Å². The lowest BCUT2D eigenvalue weighted by Crippen LogP contribution is -2.50. The summed E-state index contributed by atoms with van der Waals surface area (Å²) >= 11 is 0. The molecule has 3 N–H and O–H groups in total. The second kappa shape index (κ2) is 7.26. The van der Waals surface area contributed by atoms with Crippen molar-refractivity contribution in [1.29, 1.82) is 0 Å². The Labute approximate surface area is 150 Å². The molecule has 136 valence electrons. The Kier molecular flexibility index (Phi) is 5.25. The van der Waals surface area contributed by atoms with Gasteiger partial charge in [0.15, 0.2) is 0 Å². The minimum atomic E-state index is -0.688. The highest BCUT2D eigenvalue weighted by Gasteiger charge is 2.27. The molecule has 1 fully saturated rings. The van der Waals surface area contributed by atoms with Crippen molar-refractivity contribution in [2.75, 3.05) is 5.32 Å². The van der Waals surface area contributed by atoms with E-state index < -0.39 is 5.60 Å². The summed E-state index contributed by atoms with van der Waals surface area (Å²) in [5.41, 5.74) is 1.52. The van der Waals surface area contributed by atoms with Gasteiger partial charge in [-0.05, 0) is 65.5 Å². The lowest BCUT2D eigenvalue weighted by molar-refractivity contribution is 0.0376. The molecule has 1 aliphatic rings. The maximum Gasteiger partial charge on any atom is 0.137 e. The van der Waals surface area contributed by atoms with Gasteiger partial charge in [-0.1, -0.05) is 11.6 Å². The van der Waals surface area contributed by atoms with Gasteiger partial charge in [-0.3, -0.25) is 0 Å². The topological polar surface area (TPSA) is 70.1 Å². The summed E-state index contributed by atoms with van der Waals surface area (Å²) in [5.74, 6) is 0.940. The fraction of sp³-hybridized carbons (Fsp3) is 0.600. The lowest BCUT2D eigenvalue weighted by atomic mass is 9.89. The maximum absolute atomic E-state index is 10.1. The predicted molar refractivity (Wildman–Crippen MR) is 103 cm³/mol. The zero-order chi connectivity index (χ0) is 18.0. The summed E-state index contributed by atoms with van der Waals surface area (Å²) in [6.45, 7) is 7.87. The van der Waals surface area contributed by atoms with Crippen LogP contribution in [-0.4, -0.2) is 38.8 Å². The SMILES string of the molecule is Cc1ccc2ncnc(N[C@H]3CC[C@H](N[C@@H](C)C(C)(C)O)CC3)c2c1.